The maximum absolute atomic E-state index is 12.5. The highest BCUT2D eigenvalue weighted by Crippen LogP contribution is 2.34. The predicted octanol–water partition coefficient (Wildman–Crippen LogP) is 1.36. The summed E-state index contributed by atoms with van der Waals surface area (Å²) >= 11 is 1.17. The van der Waals surface area contributed by atoms with Crippen molar-refractivity contribution < 1.29 is 14.3 Å². The molecule has 2 N–H and O–H groups in total. The third-order valence-electron chi connectivity index (χ3n) is 3.39. The molecule has 0 aliphatic heterocycles. The topological polar surface area (TPSA) is 118 Å². The lowest BCUT2D eigenvalue weighted by Crippen LogP contribution is -2.39. The fourth-order valence-electron chi connectivity index (χ4n) is 2.23. The van der Waals surface area contributed by atoms with E-state index >= 15 is 0 Å². The second-order valence-electron chi connectivity index (χ2n) is 4.72. The van der Waals surface area contributed by atoms with Crippen LogP contribution >= 0.6 is 11.3 Å². The molecule has 1 unspecified atom stereocenters. The van der Waals surface area contributed by atoms with Gasteiger partial charge in [0, 0.05) is 0 Å². The molecule has 0 saturated carbocycles. The van der Waals surface area contributed by atoms with Gasteiger partial charge in [-0.15, -0.1) is 11.3 Å². The Balaban J connectivity index is 2.37. The van der Waals surface area contributed by atoms with Crippen LogP contribution in [0.5, 0.6) is 0 Å². The lowest BCUT2D eigenvalue weighted by Gasteiger charge is -2.08. The van der Waals surface area contributed by atoms with E-state index in [4.69, 9.17) is 9.52 Å². The summed E-state index contributed by atoms with van der Waals surface area (Å²) in [6, 6.07) is -1.26. The fourth-order valence-corrected chi connectivity index (χ4v) is 3.36. The van der Waals surface area contributed by atoms with Crippen molar-refractivity contribution in [3.63, 3.8) is 0 Å². The fraction of sp³-hybridized carbons (Fsp3) is 0.231. The first-order chi connectivity index (χ1) is 10.4. The van der Waals surface area contributed by atoms with Gasteiger partial charge in [-0.25, -0.2) is 19.1 Å². The zero-order valence-corrected chi connectivity index (χ0v) is 12.4. The van der Waals surface area contributed by atoms with Gasteiger partial charge in [-0.3, -0.25) is 9.78 Å². The molecule has 0 aromatic carbocycles. The summed E-state index contributed by atoms with van der Waals surface area (Å²) in [5.74, 6) is -0.912. The standard InChI is InChI=1S/C13H11N3O5S/c1-5-7-10(22-8(5)9-14-3-4-21-9)15-13(20)16(11(7)17)6(2)12(18)19/h3-4,6H,1-2H3,(H,15,20)(H,18,19). The summed E-state index contributed by atoms with van der Waals surface area (Å²) in [6.07, 6.45) is 2.89. The highest BCUT2D eigenvalue weighted by Gasteiger charge is 2.23. The molecule has 8 nitrogen and oxygen atoms in total. The molecule has 0 aliphatic carbocycles. The number of H-pyrrole nitrogens is 1. The highest BCUT2D eigenvalue weighted by atomic mass is 32.1. The Bertz CT molecular complexity index is 980. The van der Waals surface area contributed by atoms with E-state index in [-0.39, 0.29) is 5.39 Å². The maximum atomic E-state index is 12.5. The van der Waals surface area contributed by atoms with E-state index in [1.165, 1.54) is 30.7 Å². The molecule has 114 valence electrons. The van der Waals surface area contributed by atoms with Gasteiger partial charge in [0.25, 0.3) is 5.56 Å². The molecule has 0 amide bonds. The second-order valence-corrected chi connectivity index (χ2v) is 5.74. The SMILES string of the molecule is Cc1c(-c2ncco2)sc2[nH]c(=O)n(C(C)C(=O)O)c(=O)c12. The van der Waals surface area contributed by atoms with Crippen LogP contribution in [-0.4, -0.2) is 25.6 Å². The van der Waals surface area contributed by atoms with Crippen molar-refractivity contribution in [2.75, 3.05) is 0 Å². The van der Waals surface area contributed by atoms with Crippen molar-refractivity contribution in [1.29, 1.82) is 0 Å². The number of nitrogens with one attached hydrogen (secondary N) is 1. The number of oxazole rings is 1. The molecular formula is C13H11N3O5S. The molecule has 1 atom stereocenters. The molecule has 0 fully saturated rings. The summed E-state index contributed by atoms with van der Waals surface area (Å²) in [7, 11) is 0. The van der Waals surface area contributed by atoms with E-state index in [1.54, 1.807) is 6.92 Å². The number of fused-ring (bicyclic) bond motifs is 1. The van der Waals surface area contributed by atoms with Crippen molar-refractivity contribution in [3.8, 4) is 10.8 Å². The Labute approximate surface area is 126 Å². The number of thiophene rings is 1. The Morgan fingerprint density at radius 3 is 2.82 bits per heavy atom. The van der Waals surface area contributed by atoms with Crippen molar-refractivity contribution in [3.05, 3.63) is 38.9 Å². The van der Waals surface area contributed by atoms with Crippen LogP contribution < -0.4 is 11.2 Å². The van der Waals surface area contributed by atoms with E-state index in [0.29, 0.717) is 25.7 Å². The first-order valence-electron chi connectivity index (χ1n) is 6.32. The first kappa shape index (κ1) is 14.3. The molecule has 3 aromatic rings. The van der Waals surface area contributed by atoms with Crippen molar-refractivity contribution in [2.45, 2.75) is 19.9 Å². The lowest BCUT2D eigenvalue weighted by atomic mass is 10.2. The molecule has 3 heterocycles. The summed E-state index contributed by atoms with van der Waals surface area (Å²) in [5, 5.41) is 9.32. The number of carboxylic acid groups (broad SMARTS) is 1. The van der Waals surface area contributed by atoms with Crippen LogP contribution in [0, 0.1) is 6.92 Å². The number of carbonyl (C=O) groups is 1. The van der Waals surface area contributed by atoms with Crippen LogP contribution in [0.3, 0.4) is 0 Å². The van der Waals surface area contributed by atoms with E-state index in [2.05, 4.69) is 9.97 Å². The van der Waals surface area contributed by atoms with E-state index in [0.717, 1.165) is 0 Å². The summed E-state index contributed by atoms with van der Waals surface area (Å²) in [4.78, 5) is 43.2. The third-order valence-corrected chi connectivity index (χ3v) is 4.59. The number of hydrogen-bond acceptors (Lipinski definition) is 6. The van der Waals surface area contributed by atoms with Crippen molar-refractivity contribution in [1.82, 2.24) is 14.5 Å². The first-order valence-corrected chi connectivity index (χ1v) is 7.14. The highest BCUT2D eigenvalue weighted by molar-refractivity contribution is 7.22. The van der Waals surface area contributed by atoms with Gasteiger partial charge in [0.2, 0.25) is 5.89 Å². The molecule has 0 radical (unpaired) electrons. The molecule has 0 spiro atoms. The van der Waals surface area contributed by atoms with Crippen LogP contribution in [-0.2, 0) is 4.79 Å². The Kier molecular flexibility index (Phi) is 3.21. The second kappa shape index (κ2) is 4.95. The number of carboxylic acids is 1. The lowest BCUT2D eigenvalue weighted by molar-refractivity contribution is -0.140. The van der Waals surface area contributed by atoms with Crippen LogP contribution in [0.2, 0.25) is 0 Å². The molecule has 3 aromatic heterocycles. The van der Waals surface area contributed by atoms with Crippen LogP contribution in [0.15, 0.2) is 26.5 Å². The number of nitrogens with zero attached hydrogens (tertiary/aromatic N) is 2. The number of aromatic amines is 1. The summed E-state index contributed by atoms with van der Waals surface area (Å²) < 4.78 is 5.92. The van der Waals surface area contributed by atoms with Gasteiger partial charge in [0.15, 0.2) is 0 Å². The molecular weight excluding hydrogens is 310 g/mol. The number of aliphatic carboxylic acids is 1. The molecule has 0 aliphatic rings. The van der Waals surface area contributed by atoms with Crippen LogP contribution in [0.1, 0.15) is 18.5 Å². The molecule has 0 bridgehead atoms. The zero-order valence-electron chi connectivity index (χ0n) is 11.6. The number of aryl methyl sites for hydroxylation is 1. The zero-order chi connectivity index (χ0) is 16.0. The van der Waals surface area contributed by atoms with E-state index in [1.807, 2.05) is 0 Å². The summed E-state index contributed by atoms with van der Waals surface area (Å²) in [5.41, 5.74) is -0.803. The van der Waals surface area contributed by atoms with Gasteiger partial charge in [-0.2, -0.15) is 0 Å². The molecule has 3 rings (SSSR count). The van der Waals surface area contributed by atoms with E-state index < -0.39 is 23.3 Å². The van der Waals surface area contributed by atoms with Gasteiger partial charge < -0.3 is 9.52 Å². The van der Waals surface area contributed by atoms with Crippen molar-refractivity contribution in [2.24, 2.45) is 0 Å². The largest absolute Gasteiger partial charge is 0.480 e. The Morgan fingerprint density at radius 2 is 2.23 bits per heavy atom. The van der Waals surface area contributed by atoms with Gasteiger partial charge in [0.1, 0.15) is 17.1 Å². The van der Waals surface area contributed by atoms with Gasteiger partial charge in [0.05, 0.1) is 16.5 Å². The van der Waals surface area contributed by atoms with Crippen molar-refractivity contribution >= 4 is 27.5 Å². The average molecular weight is 321 g/mol. The van der Waals surface area contributed by atoms with E-state index in [9.17, 15) is 14.4 Å². The molecule has 9 heteroatoms. The minimum absolute atomic E-state index is 0.269. The Hall–Kier alpha value is -2.68. The van der Waals surface area contributed by atoms with Crippen LogP contribution in [0.25, 0.3) is 21.0 Å². The minimum atomic E-state index is -1.26. The monoisotopic (exact) mass is 321 g/mol. The quantitative estimate of drug-likeness (QED) is 0.752. The molecule has 22 heavy (non-hydrogen) atoms. The van der Waals surface area contributed by atoms with Gasteiger partial charge in [-0.05, 0) is 19.4 Å². The number of aromatic nitrogens is 3. The average Bonchev–Trinajstić information content (AvgIpc) is 3.06. The Morgan fingerprint density at radius 1 is 1.50 bits per heavy atom. The van der Waals surface area contributed by atoms with Gasteiger partial charge in [-0.1, -0.05) is 0 Å². The maximum Gasteiger partial charge on any atom is 0.330 e. The number of hydrogen-bond donors (Lipinski definition) is 2. The minimum Gasteiger partial charge on any atom is -0.480 e. The van der Waals surface area contributed by atoms with Crippen LogP contribution in [0.4, 0.5) is 0 Å². The smallest absolute Gasteiger partial charge is 0.330 e. The third kappa shape index (κ3) is 1.98. The molecule has 0 saturated heterocycles. The van der Waals surface area contributed by atoms with Gasteiger partial charge >= 0.3 is 11.7 Å². The normalized spacial score (nSPS) is 12.6. The number of rotatable bonds is 3. The summed E-state index contributed by atoms with van der Waals surface area (Å²) in [6.45, 7) is 2.98. The predicted molar refractivity (Wildman–Crippen MR) is 79.3 cm³/mol.